The van der Waals surface area contributed by atoms with Crippen LogP contribution >= 0.6 is 0 Å². The Hall–Kier alpha value is -0.620. The molecule has 5 nitrogen and oxygen atoms in total. The van der Waals surface area contributed by atoms with E-state index in [9.17, 15) is 13.2 Å². The molecule has 0 rings (SSSR count). The Morgan fingerprint density at radius 2 is 1.73 bits per heavy atom. The van der Waals surface area contributed by atoms with Crippen molar-refractivity contribution in [3.8, 4) is 0 Å². The fourth-order valence-corrected chi connectivity index (χ4v) is 0.658. The van der Waals surface area contributed by atoms with E-state index in [2.05, 4.69) is 4.74 Å². The highest BCUT2D eigenvalue weighted by Gasteiger charge is 2.26. The summed E-state index contributed by atoms with van der Waals surface area (Å²) in [7, 11) is -4.70. The minimum Gasteiger partial charge on any atom is -0.447 e. The quantitative estimate of drug-likeness (QED) is 0.443. The van der Waals surface area contributed by atoms with Crippen molar-refractivity contribution in [3.63, 3.8) is 0 Å². The Balaban J connectivity index is 4.35. The van der Waals surface area contributed by atoms with E-state index in [0.717, 1.165) is 0 Å². The lowest BCUT2D eigenvalue weighted by Gasteiger charge is -2.17. The number of rotatable bonds is 0. The van der Waals surface area contributed by atoms with Crippen molar-refractivity contribution in [1.82, 2.24) is 0 Å². The predicted octanol–water partition coefficient (Wildman–Crippen LogP) is 0.809. The largest absolute Gasteiger partial charge is 0.452 e. The maximum absolute atomic E-state index is 10.4. The van der Waals surface area contributed by atoms with Crippen molar-refractivity contribution in [2.45, 2.75) is 26.4 Å². The molecule has 0 atom stereocenters. The molecule has 0 aromatic rings. The molecular weight excluding hydrogens is 172 g/mol. The first-order chi connectivity index (χ1) is 4.63. The van der Waals surface area contributed by atoms with E-state index >= 15 is 0 Å². The van der Waals surface area contributed by atoms with E-state index in [1.165, 1.54) is 20.8 Å². The summed E-state index contributed by atoms with van der Waals surface area (Å²) in [5.74, 6) is 0. The summed E-state index contributed by atoms with van der Waals surface area (Å²) in [5, 5.41) is -1.62. The van der Waals surface area contributed by atoms with E-state index in [-0.39, 0.29) is 0 Å². The Labute approximate surface area is 65.1 Å². The molecule has 0 bridgehead atoms. The van der Waals surface area contributed by atoms with E-state index in [4.69, 9.17) is 4.55 Å². The van der Waals surface area contributed by atoms with Crippen LogP contribution in [0.2, 0.25) is 0 Å². The van der Waals surface area contributed by atoms with Gasteiger partial charge in [0.2, 0.25) is 0 Å². The molecule has 1 N–H and O–H groups in total. The van der Waals surface area contributed by atoms with Crippen LogP contribution in [0.5, 0.6) is 0 Å². The third-order valence-electron chi connectivity index (χ3n) is 0.600. The fraction of sp³-hybridized carbons (Fsp3) is 0.800. The summed E-state index contributed by atoms with van der Waals surface area (Å²) in [6, 6.07) is 0. The lowest BCUT2D eigenvalue weighted by atomic mass is 10.2. The standard InChI is InChI=1S/C5H10O5S/c1-5(2,3)10-4(6)11(7,8)9/h1-3H3,(H,7,8,9). The van der Waals surface area contributed by atoms with Gasteiger partial charge in [-0.25, -0.2) is 4.79 Å². The van der Waals surface area contributed by atoms with Crippen molar-refractivity contribution in [3.05, 3.63) is 0 Å². The van der Waals surface area contributed by atoms with Crippen LogP contribution in [0.3, 0.4) is 0 Å². The van der Waals surface area contributed by atoms with E-state index in [1.807, 2.05) is 0 Å². The summed E-state index contributed by atoms with van der Waals surface area (Å²) in [6.45, 7) is 4.49. The van der Waals surface area contributed by atoms with Gasteiger partial charge in [-0.2, -0.15) is 8.42 Å². The van der Waals surface area contributed by atoms with E-state index in [1.54, 1.807) is 0 Å². The van der Waals surface area contributed by atoms with Crippen molar-refractivity contribution < 1.29 is 22.5 Å². The maximum Gasteiger partial charge on any atom is 0.452 e. The van der Waals surface area contributed by atoms with Crippen molar-refractivity contribution in [1.29, 1.82) is 0 Å². The molecule has 0 spiro atoms. The zero-order valence-corrected chi connectivity index (χ0v) is 7.30. The van der Waals surface area contributed by atoms with Gasteiger partial charge in [-0.15, -0.1) is 0 Å². The Kier molecular flexibility index (Phi) is 2.63. The molecule has 0 fully saturated rings. The van der Waals surface area contributed by atoms with Gasteiger partial charge in [0.1, 0.15) is 5.60 Å². The van der Waals surface area contributed by atoms with Crippen molar-refractivity contribution >= 4 is 15.4 Å². The third kappa shape index (κ3) is 4.74. The lowest BCUT2D eigenvalue weighted by Crippen LogP contribution is -2.27. The SMILES string of the molecule is CC(C)(C)OC(=O)S(=O)(=O)O. The number of hydrogen-bond acceptors (Lipinski definition) is 4. The van der Waals surface area contributed by atoms with Crippen LogP contribution in [-0.2, 0) is 14.9 Å². The second kappa shape index (κ2) is 2.78. The molecule has 0 heterocycles. The average Bonchev–Trinajstić information content (AvgIpc) is 1.56. The van der Waals surface area contributed by atoms with Gasteiger partial charge in [0, 0.05) is 0 Å². The van der Waals surface area contributed by atoms with Crippen LogP contribution in [0.25, 0.3) is 0 Å². The summed E-state index contributed by atoms with van der Waals surface area (Å²) in [4.78, 5) is 10.4. The molecule has 0 aromatic heterocycles. The molecule has 0 aliphatic rings. The molecular formula is C5H10O5S. The number of carbonyl (C=O) groups excluding carboxylic acids is 1. The molecule has 0 saturated heterocycles. The van der Waals surface area contributed by atoms with Crippen molar-refractivity contribution in [2.75, 3.05) is 0 Å². The Bertz CT molecular complexity index is 245. The summed E-state index contributed by atoms with van der Waals surface area (Å²) < 4.78 is 32.7. The molecule has 66 valence electrons. The van der Waals surface area contributed by atoms with Gasteiger partial charge < -0.3 is 4.74 Å². The molecule has 0 aromatic carbocycles. The van der Waals surface area contributed by atoms with Gasteiger partial charge in [0.05, 0.1) is 0 Å². The first-order valence-electron chi connectivity index (χ1n) is 2.83. The van der Waals surface area contributed by atoms with Crippen LogP contribution in [-0.4, -0.2) is 23.9 Å². The lowest BCUT2D eigenvalue weighted by molar-refractivity contribution is 0.0702. The topological polar surface area (TPSA) is 80.7 Å². The summed E-state index contributed by atoms with van der Waals surface area (Å²) in [6.07, 6.45) is 0. The second-order valence-corrected chi connectivity index (χ2v) is 4.22. The maximum atomic E-state index is 10.4. The highest BCUT2D eigenvalue weighted by Crippen LogP contribution is 2.09. The molecule has 0 amide bonds. The second-order valence-electron chi connectivity index (χ2n) is 2.94. The van der Waals surface area contributed by atoms with Gasteiger partial charge in [-0.3, -0.25) is 4.55 Å². The molecule has 11 heavy (non-hydrogen) atoms. The molecule has 6 heteroatoms. The zero-order valence-electron chi connectivity index (χ0n) is 6.49. The highest BCUT2D eigenvalue weighted by molar-refractivity contribution is 8.00. The van der Waals surface area contributed by atoms with Crippen LogP contribution in [0.1, 0.15) is 20.8 Å². The molecule has 0 unspecified atom stereocenters. The summed E-state index contributed by atoms with van der Waals surface area (Å²) in [5.41, 5.74) is -0.910. The summed E-state index contributed by atoms with van der Waals surface area (Å²) >= 11 is 0. The number of hydrogen-bond donors (Lipinski definition) is 1. The van der Waals surface area contributed by atoms with E-state index < -0.39 is 21.0 Å². The van der Waals surface area contributed by atoms with Gasteiger partial charge in [0.25, 0.3) is 0 Å². The minimum absolute atomic E-state index is 0.910. The minimum atomic E-state index is -4.70. The molecule has 0 radical (unpaired) electrons. The molecule has 0 aliphatic carbocycles. The molecule has 0 aliphatic heterocycles. The average molecular weight is 182 g/mol. The third-order valence-corrected chi connectivity index (χ3v) is 1.10. The smallest absolute Gasteiger partial charge is 0.447 e. The van der Waals surface area contributed by atoms with Crippen molar-refractivity contribution in [2.24, 2.45) is 0 Å². The number of ether oxygens (including phenoxy) is 1. The first-order valence-corrected chi connectivity index (χ1v) is 4.27. The monoisotopic (exact) mass is 182 g/mol. The van der Waals surface area contributed by atoms with Gasteiger partial charge >= 0.3 is 15.4 Å². The van der Waals surface area contributed by atoms with Gasteiger partial charge in [-0.1, -0.05) is 0 Å². The van der Waals surface area contributed by atoms with Gasteiger partial charge in [0.15, 0.2) is 0 Å². The Morgan fingerprint density at radius 3 is 1.82 bits per heavy atom. The van der Waals surface area contributed by atoms with Crippen LogP contribution in [0.15, 0.2) is 0 Å². The highest BCUT2D eigenvalue weighted by atomic mass is 32.2. The predicted molar refractivity (Wildman–Crippen MR) is 37.8 cm³/mol. The number of carbonyl (C=O) groups is 1. The fourth-order valence-electron chi connectivity index (χ4n) is 0.303. The molecule has 0 saturated carbocycles. The Morgan fingerprint density at radius 1 is 1.36 bits per heavy atom. The van der Waals surface area contributed by atoms with Crippen LogP contribution in [0.4, 0.5) is 4.79 Å². The first kappa shape index (κ1) is 10.4. The van der Waals surface area contributed by atoms with Gasteiger partial charge in [-0.05, 0) is 20.8 Å². The van der Waals surface area contributed by atoms with E-state index in [0.29, 0.717) is 0 Å². The zero-order chi connectivity index (χ0) is 9.28. The normalized spacial score (nSPS) is 12.7. The van der Waals surface area contributed by atoms with Crippen LogP contribution in [0, 0.1) is 0 Å². The van der Waals surface area contributed by atoms with Crippen LogP contribution < -0.4 is 0 Å².